The van der Waals surface area contributed by atoms with Crippen LogP contribution in [0.15, 0.2) is 41.0 Å². The van der Waals surface area contributed by atoms with Crippen LogP contribution in [0.5, 0.6) is 5.88 Å². The number of rotatable bonds is 4. The second-order valence-corrected chi connectivity index (χ2v) is 7.41. The number of ether oxygens (including phenoxy) is 1. The Morgan fingerprint density at radius 3 is 2.91 bits per heavy atom. The summed E-state index contributed by atoms with van der Waals surface area (Å²) in [7, 11) is 0. The predicted molar refractivity (Wildman–Crippen MR) is 97.4 cm³/mol. The van der Waals surface area contributed by atoms with Gasteiger partial charge in [0.2, 0.25) is 5.88 Å². The molecule has 1 saturated heterocycles. The Kier molecular flexibility index (Phi) is 5.23. The van der Waals surface area contributed by atoms with Crippen LogP contribution in [0.25, 0.3) is 0 Å². The quantitative estimate of drug-likeness (QED) is 0.842. The van der Waals surface area contributed by atoms with Gasteiger partial charge in [0.15, 0.2) is 0 Å². The first-order valence-corrected chi connectivity index (χ1v) is 9.34. The number of halogens is 1. The number of carbonyl (C=O) groups excluding carboxylic acids is 1. The summed E-state index contributed by atoms with van der Waals surface area (Å²) < 4.78 is 6.81. The third kappa shape index (κ3) is 4.26. The smallest absolute Gasteiger partial charge is 0.257 e. The van der Waals surface area contributed by atoms with Crippen LogP contribution >= 0.6 is 27.7 Å². The van der Waals surface area contributed by atoms with Gasteiger partial charge in [-0.05, 0) is 48.9 Å². The fraction of sp³-hybridized carbons (Fsp3) is 0.294. The normalized spacial score (nSPS) is 17.0. The zero-order valence-electron chi connectivity index (χ0n) is 12.7. The van der Waals surface area contributed by atoms with E-state index in [1.165, 1.54) is 0 Å². The molecule has 0 saturated carbocycles. The van der Waals surface area contributed by atoms with Crippen molar-refractivity contribution in [2.24, 2.45) is 0 Å². The minimum atomic E-state index is -0.179. The van der Waals surface area contributed by atoms with Crippen LogP contribution in [0, 0.1) is 6.92 Å². The number of nitrogens with one attached hydrogen (secondary N) is 1. The number of nitrogens with zero attached hydrogens (tertiary/aromatic N) is 1. The van der Waals surface area contributed by atoms with Crippen molar-refractivity contribution in [3.63, 3.8) is 0 Å². The number of pyridine rings is 1. The summed E-state index contributed by atoms with van der Waals surface area (Å²) in [6, 6.07) is 9.19. The molecular formula is C17H17BrN2O2S. The van der Waals surface area contributed by atoms with Gasteiger partial charge in [-0.3, -0.25) is 4.79 Å². The summed E-state index contributed by atoms with van der Waals surface area (Å²) in [5, 5.41) is 2.87. The molecule has 1 N–H and O–H groups in total. The summed E-state index contributed by atoms with van der Waals surface area (Å²) in [5.74, 6) is 2.54. The van der Waals surface area contributed by atoms with Crippen LogP contribution in [0.3, 0.4) is 0 Å². The Balaban J connectivity index is 1.63. The number of aryl methyl sites for hydroxylation is 1. The van der Waals surface area contributed by atoms with E-state index < -0.39 is 0 Å². The predicted octanol–water partition coefficient (Wildman–Crippen LogP) is 4.29. The highest BCUT2D eigenvalue weighted by Gasteiger charge is 2.17. The van der Waals surface area contributed by atoms with Crippen molar-refractivity contribution in [2.75, 3.05) is 16.8 Å². The van der Waals surface area contributed by atoms with E-state index in [1.807, 2.05) is 36.9 Å². The Hall–Kier alpha value is -1.53. The largest absolute Gasteiger partial charge is 0.473 e. The van der Waals surface area contributed by atoms with Gasteiger partial charge in [0.1, 0.15) is 6.10 Å². The number of carbonyl (C=O) groups is 1. The fourth-order valence-corrected chi connectivity index (χ4v) is 3.63. The first-order chi connectivity index (χ1) is 11.1. The number of amides is 1. The average Bonchev–Trinajstić information content (AvgIpc) is 3.04. The van der Waals surface area contributed by atoms with Crippen LogP contribution in [0.4, 0.5) is 5.69 Å². The molecule has 0 spiro atoms. The van der Waals surface area contributed by atoms with Crippen molar-refractivity contribution in [3.05, 3.63) is 52.1 Å². The van der Waals surface area contributed by atoms with Gasteiger partial charge in [-0.25, -0.2) is 4.98 Å². The lowest BCUT2D eigenvalue weighted by atomic mass is 10.2. The molecule has 4 nitrogen and oxygen atoms in total. The van der Waals surface area contributed by atoms with Crippen LogP contribution in [0.2, 0.25) is 0 Å². The third-order valence-corrected chi connectivity index (χ3v) is 5.61. The van der Waals surface area contributed by atoms with Crippen molar-refractivity contribution < 1.29 is 9.53 Å². The average molecular weight is 393 g/mol. The lowest BCUT2D eigenvalue weighted by Gasteiger charge is -2.11. The monoisotopic (exact) mass is 392 g/mol. The van der Waals surface area contributed by atoms with Crippen LogP contribution in [0.1, 0.15) is 22.3 Å². The van der Waals surface area contributed by atoms with E-state index in [2.05, 4.69) is 26.2 Å². The molecule has 0 bridgehead atoms. The van der Waals surface area contributed by atoms with Gasteiger partial charge < -0.3 is 10.1 Å². The maximum atomic E-state index is 12.3. The minimum absolute atomic E-state index is 0.179. The van der Waals surface area contributed by atoms with Gasteiger partial charge in [0, 0.05) is 28.2 Å². The van der Waals surface area contributed by atoms with Crippen LogP contribution < -0.4 is 10.1 Å². The van der Waals surface area contributed by atoms with E-state index >= 15 is 0 Å². The van der Waals surface area contributed by atoms with E-state index in [-0.39, 0.29) is 12.0 Å². The molecule has 6 heteroatoms. The summed E-state index contributed by atoms with van der Waals surface area (Å²) >= 11 is 5.34. The first-order valence-electron chi connectivity index (χ1n) is 7.40. The number of hydrogen-bond donors (Lipinski definition) is 1. The molecule has 1 aliphatic heterocycles. The molecule has 2 aromatic rings. The third-order valence-electron chi connectivity index (χ3n) is 3.59. The van der Waals surface area contributed by atoms with Crippen LogP contribution in [-0.2, 0) is 0 Å². The van der Waals surface area contributed by atoms with Gasteiger partial charge in [-0.15, -0.1) is 0 Å². The van der Waals surface area contributed by atoms with Crippen molar-refractivity contribution in [1.29, 1.82) is 0 Å². The van der Waals surface area contributed by atoms with Crippen molar-refractivity contribution >= 4 is 39.3 Å². The SMILES string of the molecule is Cc1cc(NC(=O)c2ccc(OC3CCSC3)nc2)ccc1Br. The van der Waals surface area contributed by atoms with Gasteiger partial charge in [0.25, 0.3) is 5.91 Å². The first kappa shape index (κ1) is 16.3. The molecule has 120 valence electrons. The highest BCUT2D eigenvalue weighted by molar-refractivity contribution is 9.10. The minimum Gasteiger partial charge on any atom is -0.473 e. The van der Waals surface area contributed by atoms with E-state index in [0.717, 1.165) is 33.7 Å². The standard InChI is InChI=1S/C17H17BrN2O2S/c1-11-8-13(3-4-15(11)18)20-17(21)12-2-5-16(19-9-12)22-14-6-7-23-10-14/h2-5,8-9,14H,6-7,10H2,1H3,(H,20,21). The second kappa shape index (κ2) is 7.36. The van der Waals surface area contributed by atoms with E-state index in [1.54, 1.807) is 18.3 Å². The highest BCUT2D eigenvalue weighted by Crippen LogP contribution is 2.23. The number of hydrogen-bond acceptors (Lipinski definition) is 4. The highest BCUT2D eigenvalue weighted by atomic mass is 79.9. The Bertz CT molecular complexity index is 700. The summed E-state index contributed by atoms with van der Waals surface area (Å²) in [5.41, 5.74) is 2.34. The Morgan fingerprint density at radius 1 is 1.39 bits per heavy atom. The fourth-order valence-electron chi connectivity index (χ4n) is 2.29. The maximum Gasteiger partial charge on any atom is 0.257 e. The second-order valence-electron chi connectivity index (χ2n) is 5.41. The molecule has 0 aliphatic carbocycles. The molecule has 1 atom stereocenters. The van der Waals surface area contributed by atoms with Crippen LogP contribution in [-0.4, -0.2) is 28.5 Å². The topological polar surface area (TPSA) is 51.2 Å². The molecule has 1 amide bonds. The number of aromatic nitrogens is 1. The van der Waals surface area contributed by atoms with E-state index in [4.69, 9.17) is 4.74 Å². The van der Waals surface area contributed by atoms with Crippen molar-refractivity contribution in [2.45, 2.75) is 19.4 Å². The number of thioether (sulfide) groups is 1. The zero-order valence-corrected chi connectivity index (χ0v) is 15.1. The van der Waals surface area contributed by atoms with Crippen molar-refractivity contribution in [1.82, 2.24) is 4.98 Å². The van der Waals surface area contributed by atoms with E-state index in [0.29, 0.717) is 11.4 Å². The summed E-state index contributed by atoms with van der Waals surface area (Å²) in [6.45, 7) is 1.98. The van der Waals surface area contributed by atoms with Gasteiger partial charge in [-0.1, -0.05) is 15.9 Å². The molecule has 23 heavy (non-hydrogen) atoms. The summed E-state index contributed by atoms with van der Waals surface area (Å²) in [6.07, 6.45) is 2.84. The molecule has 0 radical (unpaired) electrons. The zero-order chi connectivity index (χ0) is 16.2. The van der Waals surface area contributed by atoms with E-state index in [9.17, 15) is 4.79 Å². The molecule has 3 rings (SSSR count). The van der Waals surface area contributed by atoms with Gasteiger partial charge in [0.05, 0.1) is 5.56 Å². The molecule has 1 fully saturated rings. The maximum absolute atomic E-state index is 12.3. The number of anilines is 1. The number of benzene rings is 1. The molecule has 2 heterocycles. The van der Waals surface area contributed by atoms with Gasteiger partial charge >= 0.3 is 0 Å². The van der Waals surface area contributed by atoms with Crippen molar-refractivity contribution in [3.8, 4) is 5.88 Å². The Labute approximate surface area is 148 Å². The Morgan fingerprint density at radius 2 is 2.26 bits per heavy atom. The molecule has 1 unspecified atom stereocenters. The van der Waals surface area contributed by atoms with Gasteiger partial charge in [-0.2, -0.15) is 11.8 Å². The molecule has 1 aromatic carbocycles. The molecular weight excluding hydrogens is 376 g/mol. The summed E-state index contributed by atoms with van der Waals surface area (Å²) in [4.78, 5) is 16.5. The lowest BCUT2D eigenvalue weighted by Crippen LogP contribution is -2.16. The molecule has 1 aliphatic rings. The lowest BCUT2D eigenvalue weighted by molar-refractivity contribution is 0.102. The molecule has 1 aromatic heterocycles.